The number of carbonyl (C=O) groups excluding carboxylic acids is 5. The topological polar surface area (TPSA) is 159 Å². The fourth-order valence-electron chi connectivity index (χ4n) is 4.72. The minimum Gasteiger partial charge on any atom is -0.342 e. The summed E-state index contributed by atoms with van der Waals surface area (Å²) in [6, 6.07) is 14.8. The van der Waals surface area contributed by atoms with Crippen LogP contribution >= 0.6 is 0 Å². The molecule has 0 aliphatic carbocycles. The number of nitrogens with zero attached hydrogens (tertiary/aromatic N) is 3. The normalized spacial score (nSPS) is 14.2. The number of amides is 4. The number of imide groups is 1. The molecule has 4 amide bonds. The molecule has 12 nitrogen and oxygen atoms in total. The first-order chi connectivity index (χ1) is 20.5. The summed E-state index contributed by atoms with van der Waals surface area (Å²) in [6.07, 6.45) is -0.558. The second-order valence-corrected chi connectivity index (χ2v) is 11.6. The Bertz CT molecular complexity index is 1580. The summed E-state index contributed by atoms with van der Waals surface area (Å²) in [7, 11) is -4.26. The highest BCUT2D eigenvalue weighted by atomic mass is 32.2. The van der Waals surface area contributed by atoms with E-state index < -0.39 is 39.6 Å². The Balaban J connectivity index is 1.40. The lowest BCUT2D eigenvalue weighted by atomic mass is 10.0. The molecular weight excluding hydrogens is 578 g/mol. The zero-order valence-electron chi connectivity index (χ0n) is 23.4. The van der Waals surface area contributed by atoms with E-state index in [1.165, 1.54) is 4.90 Å². The molecule has 1 N–H and O–H groups in total. The van der Waals surface area contributed by atoms with Gasteiger partial charge in [-0.2, -0.15) is 8.42 Å². The maximum absolute atomic E-state index is 13.6. The van der Waals surface area contributed by atoms with Gasteiger partial charge in [-0.15, -0.1) is 5.06 Å². The van der Waals surface area contributed by atoms with Crippen molar-refractivity contribution in [2.24, 2.45) is 0 Å². The van der Waals surface area contributed by atoms with E-state index in [1.54, 1.807) is 17.0 Å². The van der Waals surface area contributed by atoms with Crippen LogP contribution in [0.5, 0.6) is 0 Å². The van der Waals surface area contributed by atoms with Crippen LogP contribution in [0.2, 0.25) is 0 Å². The van der Waals surface area contributed by atoms with E-state index in [4.69, 9.17) is 9.39 Å². The van der Waals surface area contributed by atoms with Crippen LogP contribution in [0.15, 0.2) is 48.5 Å². The predicted molar refractivity (Wildman–Crippen MR) is 153 cm³/mol. The highest BCUT2D eigenvalue weighted by molar-refractivity contribution is 7.85. The third-order valence-corrected chi connectivity index (χ3v) is 7.73. The predicted octanol–water partition coefficient (Wildman–Crippen LogP) is 2.21. The standard InChI is InChI=1S/C30H31N3O9S/c34-26(11-5-12-30(38)42-33-28(36)15-16-29(33)37)31(18-6-20-43(39,40)41)19-17-27(35)32-21-24-9-2-1-7-22(24)13-14-23-8-3-4-10-25(23)32/h1-4,7-10H,5-6,11-12,15-21H2,(H,39,40,41). The van der Waals surface area contributed by atoms with Gasteiger partial charge in [0.25, 0.3) is 21.9 Å². The average Bonchev–Trinajstić information content (AvgIpc) is 3.27. The van der Waals surface area contributed by atoms with Gasteiger partial charge in [-0.05, 0) is 36.6 Å². The Morgan fingerprint density at radius 1 is 0.860 bits per heavy atom. The van der Waals surface area contributed by atoms with Crippen LogP contribution in [0, 0.1) is 11.8 Å². The van der Waals surface area contributed by atoms with Gasteiger partial charge < -0.3 is 14.6 Å². The molecule has 2 aliphatic rings. The molecular formula is C30H31N3O9S. The van der Waals surface area contributed by atoms with Gasteiger partial charge in [0, 0.05) is 56.3 Å². The quantitative estimate of drug-likeness (QED) is 0.216. The van der Waals surface area contributed by atoms with E-state index in [-0.39, 0.29) is 70.5 Å². The van der Waals surface area contributed by atoms with E-state index in [1.807, 2.05) is 36.4 Å². The van der Waals surface area contributed by atoms with Gasteiger partial charge in [0.05, 0.1) is 18.0 Å². The maximum atomic E-state index is 13.6. The van der Waals surface area contributed by atoms with Crippen molar-refractivity contribution in [1.82, 2.24) is 9.96 Å². The van der Waals surface area contributed by atoms with Crippen LogP contribution in [0.25, 0.3) is 0 Å². The summed E-state index contributed by atoms with van der Waals surface area (Å²) in [5, 5.41) is 0.435. The third kappa shape index (κ3) is 8.73. The number of anilines is 1. The average molecular weight is 610 g/mol. The van der Waals surface area contributed by atoms with E-state index >= 15 is 0 Å². The van der Waals surface area contributed by atoms with Crippen LogP contribution in [0.1, 0.15) is 61.6 Å². The lowest BCUT2D eigenvalue weighted by molar-refractivity contribution is -0.197. The molecule has 0 aromatic heterocycles. The highest BCUT2D eigenvalue weighted by Crippen LogP contribution is 2.26. The third-order valence-electron chi connectivity index (χ3n) is 6.92. The van der Waals surface area contributed by atoms with Crippen molar-refractivity contribution < 1.29 is 41.8 Å². The van der Waals surface area contributed by atoms with Crippen molar-refractivity contribution in [2.75, 3.05) is 23.7 Å². The molecule has 4 rings (SSSR count). The molecule has 0 unspecified atom stereocenters. The van der Waals surface area contributed by atoms with Gasteiger partial charge in [0.2, 0.25) is 11.8 Å². The molecule has 1 saturated heterocycles. The summed E-state index contributed by atoms with van der Waals surface area (Å²) in [6.45, 7) is 0.190. The van der Waals surface area contributed by atoms with E-state index in [9.17, 15) is 32.4 Å². The molecule has 0 radical (unpaired) electrons. The van der Waals surface area contributed by atoms with Crippen LogP contribution in [0.3, 0.4) is 0 Å². The summed E-state index contributed by atoms with van der Waals surface area (Å²) in [4.78, 5) is 69.8. The molecule has 0 saturated carbocycles. The van der Waals surface area contributed by atoms with E-state index in [2.05, 4.69) is 11.8 Å². The minimum atomic E-state index is -4.26. The fourth-order valence-corrected chi connectivity index (χ4v) is 5.21. The molecule has 13 heteroatoms. The minimum absolute atomic E-state index is 0.0314. The van der Waals surface area contributed by atoms with Gasteiger partial charge in [0.15, 0.2) is 0 Å². The lowest BCUT2D eigenvalue weighted by Gasteiger charge is -2.28. The van der Waals surface area contributed by atoms with E-state index in [0.717, 1.165) is 11.1 Å². The first-order valence-electron chi connectivity index (χ1n) is 13.8. The van der Waals surface area contributed by atoms with Crippen molar-refractivity contribution in [3.63, 3.8) is 0 Å². The van der Waals surface area contributed by atoms with Gasteiger partial charge in [-0.1, -0.05) is 42.2 Å². The fraction of sp³-hybridized carbons (Fsp3) is 0.367. The second-order valence-electron chi connectivity index (χ2n) is 10.1. The van der Waals surface area contributed by atoms with Gasteiger partial charge in [0.1, 0.15) is 0 Å². The first kappa shape index (κ1) is 31.4. The number of carbonyl (C=O) groups is 5. The molecule has 2 aliphatic heterocycles. The Hall–Kier alpha value is -4.54. The SMILES string of the molecule is O=C(CCCC(=O)N(CCCS(=O)(=O)O)CCC(=O)N1Cc2ccccc2C#Cc2ccccc21)ON1C(=O)CCC1=O. The Kier molecular flexibility index (Phi) is 10.3. The largest absolute Gasteiger partial charge is 0.342 e. The molecule has 0 bridgehead atoms. The van der Waals surface area contributed by atoms with Crippen LogP contribution < -0.4 is 4.90 Å². The molecule has 0 spiro atoms. The Morgan fingerprint density at radius 3 is 2.23 bits per heavy atom. The smallest absolute Gasteiger partial charge is 0.333 e. The van der Waals surface area contributed by atoms with E-state index in [0.29, 0.717) is 16.3 Å². The highest BCUT2D eigenvalue weighted by Gasteiger charge is 2.32. The molecule has 43 heavy (non-hydrogen) atoms. The van der Waals surface area contributed by atoms with Crippen molar-refractivity contribution in [2.45, 2.75) is 51.5 Å². The number of rotatable bonds is 12. The van der Waals surface area contributed by atoms with Crippen molar-refractivity contribution >= 4 is 45.4 Å². The lowest BCUT2D eigenvalue weighted by Crippen LogP contribution is -2.38. The molecule has 226 valence electrons. The molecule has 2 aromatic carbocycles. The Labute approximate surface area is 249 Å². The van der Waals surface area contributed by atoms with Gasteiger partial charge in [-0.25, -0.2) is 4.79 Å². The van der Waals surface area contributed by atoms with Crippen LogP contribution in [0.4, 0.5) is 5.69 Å². The van der Waals surface area contributed by atoms with Crippen molar-refractivity contribution in [3.8, 4) is 11.8 Å². The number of hydrogen-bond acceptors (Lipinski definition) is 8. The molecule has 2 heterocycles. The number of para-hydroxylation sites is 1. The summed E-state index contributed by atoms with van der Waals surface area (Å²) < 4.78 is 31.6. The monoisotopic (exact) mass is 609 g/mol. The summed E-state index contributed by atoms with van der Waals surface area (Å²) in [5.41, 5.74) is 2.97. The van der Waals surface area contributed by atoms with Crippen LogP contribution in [-0.2, 0) is 45.5 Å². The number of benzene rings is 2. The van der Waals surface area contributed by atoms with Gasteiger partial charge >= 0.3 is 5.97 Å². The second kappa shape index (κ2) is 14.1. The van der Waals surface area contributed by atoms with Crippen molar-refractivity contribution in [3.05, 3.63) is 65.2 Å². The maximum Gasteiger partial charge on any atom is 0.333 e. The Morgan fingerprint density at radius 2 is 1.51 bits per heavy atom. The summed E-state index contributed by atoms with van der Waals surface area (Å²) >= 11 is 0. The first-order valence-corrected chi connectivity index (χ1v) is 15.4. The van der Waals surface area contributed by atoms with Crippen molar-refractivity contribution in [1.29, 1.82) is 0 Å². The molecule has 0 atom stereocenters. The molecule has 2 aromatic rings. The number of hydroxylamine groups is 2. The zero-order chi connectivity index (χ0) is 31.0. The summed E-state index contributed by atoms with van der Waals surface area (Å²) in [5.74, 6) is 2.94. The number of hydrogen-bond donors (Lipinski definition) is 1. The van der Waals surface area contributed by atoms with Gasteiger partial charge in [-0.3, -0.25) is 23.7 Å². The molecule has 1 fully saturated rings. The number of fused-ring (bicyclic) bond motifs is 2. The van der Waals surface area contributed by atoms with Crippen LogP contribution in [-0.4, -0.2) is 71.4 Å². The zero-order valence-corrected chi connectivity index (χ0v) is 24.2.